The molecule has 0 saturated carbocycles. The third kappa shape index (κ3) is 1.85. The largest absolute Gasteiger partial charge is 0.323 e. The van der Waals surface area contributed by atoms with Crippen LogP contribution in [0.15, 0.2) is 29.2 Å². The number of aromatic nitrogens is 3. The van der Waals surface area contributed by atoms with Gasteiger partial charge >= 0.3 is 5.69 Å². The van der Waals surface area contributed by atoms with Gasteiger partial charge < -0.3 is 9.97 Å². The zero-order valence-corrected chi connectivity index (χ0v) is 8.07. The molecule has 0 saturated heterocycles. The Morgan fingerprint density at radius 2 is 2.20 bits per heavy atom. The van der Waals surface area contributed by atoms with E-state index in [9.17, 15) is 9.59 Å². The SMILES string of the molecule is Cc1cccc(C(=O)c2c[nH]c(=O)[nH]2)n1. The molecule has 2 aromatic rings. The number of ketones is 1. The van der Waals surface area contributed by atoms with Gasteiger partial charge in [0.15, 0.2) is 0 Å². The van der Waals surface area contributed by atoms with Gasteiger partial charge in [0.1, 0.15) is 11.4 Å². The van der Waals surface area contributed by atoms with Gasteiger partial charge in [-0.05, 0) is 19.1 Å². The molecule has 0 amide bonds. The molecule has 0 aliphatic heterocycles. The number of imidazole rings is 1. The molecule has 0 spiro atoms. The molecule has 2 heterocycles. The summed E-state index contributed by atoms with van der Waals surface area (Å²) in [5.41, 5.74) is 0.910. The molecule has 0 atom stereocenters. The van der Waals surface area contributed by atoms with Crippen molar-refractivity contribution < 1.29 is 4.79 Å². The highest BCUT2D eigenvalue weighted by atomic mass is 16.1. The smallest absolute Gasteiger partial charge is 0.312 e. The lowest BCUT2D eigenvalue weighted by molar-refractivity contribution is 0.103. The highest BCUT2D eigenvalue weighted by Gasteiger charge is 2.11. The number of hydrogen-bond acceptors (Lipinski definition) is 3. The number of aromatic amines is 2. The maximum absolute atomic E-state index is 11.8. The van der Waals surface area contributed by atoms with Gasteiger partial charge in [-0.1, -0.05) is 6.07 Å². The van der Waals surface area contributed by atoms with Crippen molar-refractivity contribution in [2.75, 3.05) is 0 Å². The fourth-order valence-electron chi connectivity index (χ4n) is 1.26. The van der Waals surface area contributed by atoms with Crippen LogP contribution in [0.1, 0.15) is 21.9 Å². The Labute approximate surface area is 85.2 Å². The molecule has 5 nitrogen and oxygen atoms in total. The van der Waals surface area contributed by atoms with Crippen molar-refractivity contribution in [3.63, 3.8) is 0 Å². The van der Waals surface area contributed by atoms with E-state index < -0.39 is 5.69 Å². The number of hydrogen-bond donors (Lipinski definition) is 2. The van der Waals surface area contributed by atoms with Crippen molar-refractivity contribution in [2.24, 2.45) is 0 Å². The Bertz CT molecular complexity index is 554. The molecule has 2 N–H and O–H groups in total. The number of aryl methyl sites for hydroxylation is 1. The maximum atomic E-state index is 11.8. The summed E-state index contributed by atoms with van der Waals surface area (Å²) < 4.78 is 0. The van der Waals surface area contributed by atoms with E-state index in [-0.39, 0.29) is 11.5 Å². The molecule has 0 bridgehead atoms. The number of nitrogens with one attached hydrogen (secondary N) is 2. The third-order valence-electron chi connectivity index (χ3n) is 1.96. The second-order valence-corrected chi connectivity index (χ2v) is 3.15. The second-order valence-electron chi connectivity index (χ2n) is 3.15. The first kappa shape index (κ1) is 9.39. The summed E-state index contributed by atoms with van der Waals surface area (Å²) >= 11 is 0. The fraction of sp³-hybridized carbons (Fsp3) is 0.100. The minimum atomic E-state index is -0.397. The van der Waals surface area contributed by atoms with Crippen LogP contribution in [0.25, 0.3) is 0 Å². The van der Waals surface area contributed by atoms with Crippen LogP contribution in [0.2, 0.25) is 0 Å². The standard InChI is InChI=1S/C10H9N3O2/c1-6-3-2-4-7(12-6)9(14)8-5-11-10(15)13-8/h2-5H,1H3,(H2,11,13,15). The molecule has 0 aliphatic carbocycles. The highest BCUT2D eigenvalue weighted by molar-refractivity contribution is 6.06. The van der Waals surface area contributed by atoms with Gasteiger partial charge in [0.05, 0.1) is 0 Å². The van der Waals surface area contributed by atoms with E-state index in [1.807, 2.05) is 0 Å². The topological polar surface area (TPSA) is 78.6 Å². The molecule has 15 heavy (non-hydrogen) atoms. The Hall–Kier alpha value is -2.17. The van der Waals surface area contributed by atoms with Crippen LogP contribution < -0.4 is 5.69 Å². The van der Waals surface area contributed by atoms with Crippen molar-refractivity contribution >= 4 is 5.78 Å². The number of H-pyrrole nitrogens is 2. The van der Waals surface area contributed by atoms with Crippen LogP contribution >= 0.6 is 0 Å². The average molecular weight is 203 g/mol. The summed E-state index contributed by atoms with van der Waals surface area (Å²) in [6.07, 6.45) is 1.34. The molecular weight excluding hydrogens is 194 g/mol. The number of nitrogens with zero attached hydrogens (tertiary/aromatic N) is 1. The summed E-state index contributed by atoms with van der Waals surface area (Å²) in [4.78, 5) is 31.4. The van der Waals surface area contributed by atoms with E-state index in [2.05, 4.69) is 15.0 Å². The van der Waals surface area contributed by atoms with E-state index in [0.717, 1.165) is 5.69 Å². The minimum Gasteiger partial charge on any atom is -0.312 e. The molecule has 0 radical (unpaired) electrons. The van der Waals surface area contributed by atoms with E-state index >= 15 is 0 Å². The monoisotopic (exact) mass is 203 g/mol. The number of pyridine rings is 1. The molecule has 2 rings (SSSR count). The van der Waals surface area contributed by atoms with Gasteiger partial charge in [-0.25, -0.2) is 9.78 Å². The van der Waals surface area contributed by atoms with Crippen molar-refractivity contribution in [3.05, 3.63) is 52.0 Å². The average Bonchev–Trinajstić information content (AvgIpc) is 2.64. The van der Waals surface area contributed by atoms with Crippen molar-refractivity contribution in [1.29, 1.82) is 0 Å². The van der Waals surface area contributed by atoms with E-state index in [0.29, 0.717) is 5.69 Å². The molecule has 0 unspecified atom stereocenters. The second kappa shape index (κ2) is 3.53. The quantitative estimate of drug-likeness (QED) is 0.703. The molecule has 0 aliphatic rings. The van der Waals surface area contributed by atoms with Gasteiger partial charge in [0.25, 0.3) is 0 Å². The van der Waals surface area contributed by atoms with E-state index in [1.165, 1.54) is 6.20 Å². The summed E-state index contributed by atoms with van der Waals surface area (Å²) in [6, 6.07) is 5.16. The molecule has 0 aromatic carbocycles. The number of rotatable bonds is 2. The highest BCUT2D eigenvalue weighted by Crippen LogP contribution is 2.03. The number of carbonyl (C=O) groups is 1. The Balaban J connectivity index is 2.40. The Kier molecular flexibility index (Phi) is 2.21. The summed E-state index contributed by atoms with van der Waals surface area (Å²) in [5, 5.41) is 0. The van der Waals surface area contributed by atoms with Gasteiger partial charge in [-0.15, -0.1) is 0 Å². The van der Waals surface area contributed by atoms with Crippen molar-refractivity contribution in [2.45, 2.75) is 6.92 Å². The predicted octanol–water partition coefficient (Wildman–Crippen LogP) is 0.637. The summed E-state index contributed by atoms with van der Waals surface area (Å²) in [7, 11) is 0. The predicted molar refractivity (Wildman–Crippen MR) is 53.8 cm³/mol. The summed E-state index contributed by atoms with van der Waals surface area (Å²) in [6.45, 7) is 1.80. The van der Waals surface area contributed by atoms with E-state index in [4.69, 9.17) is 0 Å². The van der Waals surface area contributed by atoms with Crippen LogP contribution in [0.5, 0.6) is 0 Å². The van der Waals surface area contributed by atoms with Gasteiger partial charge in [-0.2, -0.15) is 0 Å². The summed E-state index contributed by atoms with van der Waals surface area (Å²) in [5.74, 6) is -0.294. The first-order valence-electron chi connectivity index (χ1n) is 4.43. The molecule has 76 valence electrons. The lowest BCUT2D eigenvalue weighted by Crippen LogP contribution is -2.08. The van der Waals surface area contributed by atoms with E-state index in [1.54, 1.807) is 25.1 Å². The van der Waals surface area contributed by atoms with Gasteiger partial charge in [0.2, 0.25) is 5.78 Å². The fourth-order valence-corrected chi connectivity index (χ4v) is 1.26. The van der Waals surface area contributed by atoms with Crippen LogP contribution in [0.4, 0.5) is 0 Å². The molecule has 2 aromatic heterocycles. The maximum Gasteiger partial charge on any atom is 0.323 e. The van der Waals surface area contributed by atoms with Crippen molar-refractivity contribution in [1.82, 2.24) is 15.0 Å². The zero-order chi connectivity index (χ0) is 10.8. The lowest BCUT2D eigenvalue weighted by atomic mass is 10.2. The molecule has 5 heteroatoms. The number of carbonyl (C=O) groups excluding carboxylic acids is 1. The first-order valence-corrected chi connectivity index (χ1v) is 4.43. The first-order chi connectivity index (χ1) is 7.16. The Morgan fingerprint density at radius 1 is 1.40 bits per heavy atom. The van der Waals surface area contributed by atoms with Crippen LogP contribution in [0.3, 0.4) is 0 Å². The molecule has 0 fully saturated rings. The zero-order valence-electron chi connectivity index (χ0n) is 8.07. The van der Waals surface area contributed by atoms with Crippen LogP contribution in [0, 0.1) is 6.92 Å². The Morgan fingerprint density at radius 3 is 2.80 bits per heavy atom. The third-order valence-corrected chi connectivity index (χ3v) is 1.96. The van der Waals surface area contributed by atoms with Crippen molar-refractivity contribution in [3.8, 4) is 0 Å². The minimum absolute atomic E-state index is 0.220. The normalized spacial score (nSPS) is 10.2. The van der Waals surface area contributed by atoms with Crippen LogP contribution in [-0.2, 0) is 0 Å². The van der Waals surface area contributed by atoms with Gasteiger partial charge in [-0.3, -0.25) is 4.79 Å². The lowest BCUT2D eigenvalue weighted by Gasteiger charge is -1.97. The van der Waals surface area contributed by atoms with Gasteiger partial charge in [0, 0.05) is 11.9 Å². The molecular formula is C10H9N3O2. The van der Waals surface area contributed by atoms with Crippen LogP contribution in [-0.4, -0.2) is 20.7 Å².